The average Bonchev–Trinajstić information content (AvgIpc) is 2.59. The Morgan fingerprint density at radius 1 is 1.00 bits per heavy atom. The zero-order chi connectivity index (χ0) is 17.3. The highest BCUT2D eigenvalue weighted by Gasteiger charge is 2.18. The molecule has 0 aromatic heterocycles. The molecule has 0 heterocycles. The first-order chi connectivity index (χ1) is 11.5. The van der Waals surface area contributed by atoms with Crippen molar-refractivity contribution in [2.75, 3.05) is 0 Å². The lowest BCUT2D eigenvalue weighted by Gasteiger charge is -2.15. The van der Waals surface area contributed by atoms with Crippen molar-refractivity contribution in [1.29, 1.82) is 5.41 Å². The van der Waals surface area contributed by atoms with Gasteiger partial charge < -0.3 is 5.11 Å². The van der Waals surface area contributed by atoms with Crippen LogP contribution in [0.25, 0.3) is 21.5 Å². The topological polar surface area (TPSA) is 61.2 Å². The molecule has 0 spiro atoms. The first kappa shape index (κ1) is 15.9. The van der Waals surface area contributed by atoms with Gasteiger partial charge in [-0.15, -0.1) is 0 Å². The molecule has 0 aliphatic rings. The number of aliphatic carboxylic acids is 1. The molecule has 0 amide bonds. The minimum atomic E-state index is -0.971. The monoisotopic (exact) mass is 317 g/mol. The van der Waals surface area contributed by atoms with Crippen molar-refractivity contribution in [3.8, 4) is 0 Å². The second-order valence-electron chi connectivity index (χ2n) is 5.83. The third kappa shape index (κ3) is 2.58. The molecule has 0 atom stereocenters. The van der Waals surface area contributed by atoms with Crippen molar-refractivity contribution in [3.05, 3.63) is 71.3 Å². The average molecular weight is 317 g/mol. The van der Waals surface area contributed by atoms with Gasteiger partial charge in [-0.25, -0.2) is 4.79 Å². The number of hydrogen-bond donors (Lipinski definition) is 2. The van der Waals surface area contributed by atoms with Gasteiger partial charge in [-0.1, -0.05) is 55.5 Å². The van der Waals surface area contributed by atoms with Crippen molar-refractivity contribution < 1.29 is 9.90 Å². The first-order valence-corrected chi connectivity index (χ1v) is 7.97. The van der Waals surface area contributed by atoms with Gasteiger partial charge in [-0.3, -0.25) is 5.41 Å². The number of carboxylic acid groups (broad SMARTS) is 1. The summed E-state index contributed by atoms with van der Waals surface area (Å²) in [6, 6.07) is 18.0. The Morgan fingerprint density at radius 3 is 1.96 bits per heavy atom. The summed E-state index contributed by atoms with van der Waals surface area (Å²) in [5.74, 6) is -0.971. The zero-order valence-corrected chi connectivity index (χ0v) is 13.8. The predicted molar refractivity (Wildman–Crippen MR) is 98.9 cm³/mol. The van der Waals surface area contributed by atoms with Crippen LogP contribution in [0.15, 0.2) is 65.7 Å². The maximum Gasteiger partial charge on any atom is 0.331 e. The molecular formula is C21H19NO2. The van der Waals surface area contributed by atoms with Crippen LogP contribution >= 0.6 is 0 Å². The number of nitrogens with one attached hydrogen (secondary N) is 1. The summed E-state index contributed by atoms with van der Waals surface area (Å²) in [4.78, 5) is 11.4. The van der Waals surface area contributed by atoms with Crippen LogP contribution in [0.3, 0.4) is 0 Å². The van der Waals surface area contributed by atoms with E-state index in [2.05, 4.69) is 6.07 Å². The van der Waals surface area contributed by atoms with Crippen LogP contribution in [0, 0.1) is 5.41 Å². The fraction of sp³-hybridized carbons (Fsp3) is 0.143. The van der Waals surface area contributed by atoms with Crippen molar-refractivity contribution in [2.24, 2.45) is 0 Å². The van der Waals surface area contributed by atoms with E-state index in [1.807, 2.05) is 55.5 Å². The molecule has 0 unspecified atom stereocenters. The number of allylic oxidation sites excluding steroid dienone is 1. The van der Waals surface area contributed by atoms with Crippen LogP contribution < -0.4 is 0 Å². The van der Waals surface area contributed by atoms with Gasteiger partial charge in [0.2, 0.25) is 0 Å². The highest BCUT2D eigenvalue weighted by atomic mass is 16.4. The Labute approximate surface area is 140 Å². The van der Waals surface area contributed by atoms with E-state index in [0.717, 1.165) is 27.1 Å². The molecule has 0 saturated carbocycles. The van der Waals surface area contributed by atoms with E-state index < -0.39 is 5.97 Å². The maximum absolute atomic E-state index is 11.4. The molecule has 0 radical (unpaired) electrons. The molecule has 24 heavy (non-hydrogen) atoms. The Kier molecular flexibility index (Phi) is 4.17. The Balaban J connectivity index is 2.40. The molecule has 0 saturated heterocycles. The molecule has 3 nitrogen and oxygen atoms in total. The SMILES string of the molecule is CCC(C(=N)c1c2ccccc2cc2ccccc12)=C(C)C(=O)O. The molecule has 0 aliphatic carbocycles. The lowest BCUT2D eigenvalue weighted by molar-refractivity contribution is -0.132. The summed E-state index contributed by atoms with van der Waals surface area (Å²) in [5.41, 5.74) is 1.91. The number of fused-ring (bicyclic) bond motifs is 2. The standard InChI is InChI=1S/C21H19NO2/c1-3-16(13(2)21(23)24)20(22)19-17-10-6-4-8-14(17)12-15-9-5-7-11-18(15)19/h4-12,22H,3H2,1-2H3,(H,23,24). The highest BCUT2D eigenvalue weighted by Crippen LogP contribution is 2.31. The molecule has 0 fully saturated rings. The van der Waals surface area contributed by atoms with E-state index >= 15 is 0 Å². The summed E-state index contributed by atoms with van der Waals surface area (Å²) >= 11 is 0. The van der Waals surface area contributed by atoms with Crippen molar-refractivity contribution in [1.82, 2.24) is 0 Å². The zero-order valence-electron chi connectivity index (χ0n) is 13.8. The van der Waals surface area contributed by atoms with Gasteiger partial charge >= 0.3 is 5.97 Å². The lowest BCUT2D eigenvalue weighted by Crippen LogP contribution is -2.11. The minimum Gasteiger partial charge on any atom is -0.478 e. The quantitative estimate of drug-likeness (QED) is 0.396. The molecular weight excluding hydrogens is 298 g/mol. The van der Waals surface area contributed by atoms with E-state index in [0.29, 0.717) is 17.7 Å². The van der Waals surface area contributed by atoms with E-state index in [1.54, 1.807) is 6.92 Å². The van der Waals surface area contributed by atoms with Crippen LogP contribution in [0.2, 0.25) is 0 Å². The van der Waals surface area contributed by atoms with Gasteiger partial charge in [0, 0.05) is 11.1 Å². The van der Waals surface area contributed by atoms with E-state index in [4.69, 9.17) is 5.41 Å². The fourth-order valence-electron chi connectivity index (χ4n) is 3.19. The summed E-state index contributed by atoms with van der Waals surface area (Å²) < 4.78 is 0. The molecule has 0 aliphatic heterocycles. The molecule has 3 rings (SSSR count). The first-order valence-electron chi connectivity index (χ1n) is 7.97. The molecule has 120 valence electrons. The van der Waals surface area contributed by atoms with Crippen LogP contribution in [-0.2, 0) is 4.79 Å². The van der Waals surface area contributed by atoms with E-state index in [-0.39, 0.29) is 5.57 Å². The lowest BCUT2D eigenvalue weighted by atomic mass is 9.88. The van der Waals surface area contributed by atoms with Crippen LogP contribution in [0.5, 0.6) is 0 Å². The third-order valence-electron chi connectivity index (χ3n) is 4.45. The number of benzene rings is 3. The van der Waals surface area contributed by atoms with Gasteiger partial charge in [0.25, 0.3) is 0 Å². The summed E-state index contributed by atoms with van der Waals surface area (Å²) in [5, 5.41) is 22.2. The van der Waals surface area contributed by atoms with Crippen LogP contribution in [0.1, 0.15) is 25.8 Å². The van der Waals surface area contributed by atoms with Crippen LogP contribution in [0.4, 0.5) is 0 Å². The number of hydrogen-bond acceptors (Lipinski definition) is 2. The van der Waals surface area contributed by atoms with E-state index in [9.17, 15) is 9.90 Å². The van der Waals surface area contributed by atoms with Crippen molar-refractivity contribution in [3.63, 3.8) is 0 Å². The van der Waals surface area contributed by atoms with Gasteiger partial charge in [-0.2, -0.15) is 0 Å². The molecule has 3 heteroatoms. The normalized spacial score (nSPS) is 12.2. The summed E-state index contributed by atoms with van der Waals surface area (Å²) in [7, 11) is 0. The summed E-state index contributed by atoms with van der Waals surface area (Å²) in [6.45, 7) is 3.46. The second-order valence-corrected chi connectivity index (χ2v) is 5.83. The smallest absolute Gasteiger partial charge is 0.331 e. The maximum atomic E-state index is 11.4. The number of carboxylic acids is 1. The second kappa shape index (κ2) is 6.28. The van der Waals surface area contributed by atoms with Gasteiger partial charge in [-0.05, 0) is 46.5 Å². The van der Waals surface area contributed by atoms with Crippen LogP contribution in [-0.4, -0.2) is 16.8 Å². The molecule has 3 aromatic carbocycles. The Morgan fingerprint density at radius 2 is 1.50 bits per heavy atom. The summed E-state index contributed by atoms with van der Waals surface area (Å²) in [6.07, 6.45) is 0.508. The molecule has 3 aromatic rings. The van der Waals surface area contributed by atoms with Crippen molar-refractivity contribution >= 4 is 33.2 Å². The number of rotatable bonds is 4. The minimum absolute atomic E-state index is 0.236. The Bertz CT molecular complexity index is 945. The van der Waals surface area contributed by atoms with E-state index in [1.165, 1.54) is 0 Å². The third-order valence-corrected chi connectivity index (χ3v) is 4.45. The Hall–Kier alpha value is -2.94. The van der Waals surface area contributed by atoms with Gasteiger partial charge in [0.1, 0.15) is 0 Å². The fourth-order valence-corrected chi connectivity index (χ4v) is 3.19. The largest absolute Gasteiger partial charge is 0.478 e. The molecule has 0 bridgehead atoms. The molecule has 2 N–H and O–H groups in total. The van der Waals surface area contributed by atoms with Crippen molar-refractivity contribution in [2.45, 2.75) is 20.3 Å². The predicted octanol–water partition coefficient (Wildman–Crippen LogP) is 5.17. The van der Waals surface area contributed by atoms with Gasteiger partial charge in [0.15, 0.2) is 0 Å². The highest BCUT2D eigenvalue weighted by molar-refractivity contribution is 6.26. The number of carbonyl (C=O) groups is 1. The van der Waals surface area contributed by atoms with Gasteiger partial charge in [0.05, 0.1) is 5.71 Å².